The van der Waals surface area contributed by atoms with Gasteiger partial charge >= 0.3 is 11.9 Å². The normalized spacial score (nSPS) is 12.3. The summed E-state index contributed by atoms with van der Waals surface area (Å²) in [6.45, 7) is 3.95. The minimum absolute atomic E-state index is 0.116. The zero-order valence-corrected chi connectivity index (χ0v) is 16.3. The number of benzene rings is 1. The van der Waals surface area contributed by atoms with Gasteiger partial charge in [0.1, 0.15) is 17.6 Å². The molecular formula is C19H25ClO6. The lowest BCUT2D eigenvalue weighted by Gasteiger charge is -2.16. The molecule has 0 aliphatic rings. The Bertz CT molecular complexity index is 641. The van der Waals surface area contributed by atoms with E-state index in [1.807, 2.05) is 6.92 Å². The fourth-order valence-corrected chi connectivity index (χ4v) is 2.35. The van der Waals surface area contributed by atoms with Gasteiger partial charge in [0.25, 0.3) is 0 Å². The molecule has 0 heterocycles. The van der Waals surface area contributed by atoms with Gasteiger partial charge in [-0.3, -0.25) is 0 Å². The van der Waals surface area contributed by atoms with E-state index in [2.05, 4.69) is 11.7 Å². The molecule has 0 bridgehead atoms. The van der Waals surface area contributed by atoms with Crippen molar-refractivity contribution in [1.29, 1.82) is 0 Å². The van der Waals surface area contributed by atoms with E-state index in [1.54, 1.807) is 6.07 Å². The molecule has 26 heavy (non-hydrogen) atoms. The summed E-state index contributed by atoms with van der Waals surface area (Å²) in [5.41, 5.74) is 0.116. The maximum Gasteiger partial charge on any atom is 0.377 e. The fourth-order valence-electron chi connectivity index (χ4n) is 2.18. The van der Waals surface area contributed by atoms with Gasteiger partial charge in [-0.25, -0.2) is 9.59 Å². The molecular weight excluding hydrogens is 360 g/mol. The molecule has 0 saturated carbocycles. The van der Waals surface area contributed by atoms with Gasteiger partial charge in [0.2, 0.25) is 5.76 Å². The van der Waals surface area contributed by atoms with Crippen molar-refractivity contribution in [1.82, 2.24) is 0 Å². The van der Waals surface area contributed by atoms with Crippen molar-refractivity contribution < 1.29 is 28.5 Å². The second-order valence-electron chi connectivity index (χ2n) is 5.66. The highest BCUT2D eigenvalue weighted by atomic mass is 35.5. The summed E-state index contributed by atoms with van der Waals surface area (Å²) < 4.78 is 20.4. The van der Waals surface area contributed by atoms with E-state index in [1.165, 1.54) is 26.4 Å². The van der Waals surface area contributed by atoms with Crippen molar-refractivity contribution in [3.05, 3.63) is 40.8 Å². The van der Waals surface area contributed by atoms with Crippen LogP contribution in [0.4, 0.5) is 0 Å². The van der Waals surface area contributed by atoms with Crippen molar-refractivity contribution >= 4 is 23.5 Å². The Morgan fingerprint density at radius 2 is 1.96 bits per heavy atom. The highest BCUT2D eigenvalue weighted by molar-refractivity contribution is 6.31. The molecule has 1 unspecified atom stereocenters. The fraction of sp³-hybridized carbons (Fsp3) is 0.474. The monoisotopic (exact) mass is 384 g/mol. The van der Waals surface area contributed by atoms with Crippen LogP contribution in [0, 0.1) is 0 Å². The summed E-state index contributed by atoms with van der Waals surface area (Å²) >= 11 is 5.99. The Morgan fingerprint density at radius 1 is 1.23 bits per heavy atom. The summed E-state index contributed by atoms with van der Waals surface area (Å²) in [5.74, 6) is -1.40. The summed E-state index contributed by atoms with van der Waals surface area (Å²) in [5, 5.41) is 0.346. The third-order valence-corrected chi connectivity index (χ3v) is 3.75. The van der Waals surface area contributed by atoms with Crippen molar-refractivity contribution in [2.75, 3.05) is 14.2 Å². The van der Waals surface area contributed by atoms with Crippen molar-refractivity contribution in [2.24, 2.45) is 0 Å². The Morgan fingerprint density at radius 3 is 2.58 bits per heavy atom. The molecule has 144 valence electrons. The molecule has 0 aliphatic carbocycles. The first-order valence-electron chi connectivity index (χ1n) is 8.42. The number of carbonyl (C=O) groups excluding carboxylic acids is 2. The predicted octanol–water partition coefficient (Wildman–Crippen LogP) is 4.51. The Kier molecular flexibility index (Phi) is 9.58. The van der Waals surface area contributed by atoms with Crippen LogP contribution < -0.4 is 4.74 Å². The number of rotatable bonds is 10. The first-order valence-corrected chi connectivity index (χ1v) is 8.80. The zero-order chi connectivity index (χ0) is 19.5. The average Bonchev–Trinajstić information content (AvgIpc) is 2.62. The van der Waals surface area contributed by atoms with Gasteiger partial charge in [-0.05, 0) is 38.0 Å². The molecule has 1 atom stereocenters. The van der Waals surface area contributed by atoms with Crippen LogP contribution in [-0.2, 0) is 19.0 Å². The lowest BCUT2D eigenvalue weighted by Crippen LogP contribution is -2.17. The molecule has 1 rings (SSSR count). The molecule has 0 saturated heterocycles. The van der Waals surface area contributed by atoms with Gasteiger partial charge in [-0.1, -0.05) is 31.4 Å². The van der Waals surface area contributed by atoms with Crippen molar-refractivity contribution in [3.63, 3.8) is 0 Å². The molecule has 0 spiro atoms. The SMILES string of the molecule is CCCCCC(C)OC(=O)c1cc(Cl)ccc1O/C(=C/OC)C(=O)OC. The minimum Gasteiger partial charge on any atom is -0.500 e. The first kappa shape index (κ1) is 21.8. The van der Waals surface area contributed by atoms with Crippen LogP contribution >= 0.6 is 11.6 Å². The van der Waals surface area contributed by atoms with Crippen LogP contribution in [0.15, 0.2) is 30.2 Å². The molecule has 0 aliphatic heterocycles. The predicted molar refractivity (Wildman–Crippen MR) is 98.2 cm³/mol. The van der Waals surface area contributed by atoms with Crippen LogP contribution in [0.3, 0.4) is 0 Å². The Hall–Kier alpha value is -2.21. The lowest BCUT2D eigenvalue weighted by molar-refractivity contribution is -0.138. The van der Waals surface area contributed by atoms with E-state index in [9.17, 15) is 9.59 Å². The number of ether oxygens (including phenoxy) is 4. The number of hydrogen-bond acceptors (Lipinski definition) is 6. The average molecular weight is 385 g/mol. The van der Waals surface area contributed by atoms with Gasteiger partial charge in [0.15, 0.2) is 0 Å². The molecule has 0 aromatic heterocycles. The van der Waals surface area contributed by atoms with E-state index >= 15 is 0 Å². The second-order valence-corrected chi connectivity index (χ2v) is 6.10. The highest BCUT2D eigenvalue weighted by Gasteiger charge is 2.21. The smallest absolute Gasteiger partial charge is 0.377 e. The van der Waals surface area contributed by atoms with E-state index in [4.69, 9.17) is 25.8 Å². The Balaban J connectivity index is 2.97. The summed E-state index contributed by atoms with van der Waals surface area (Å²) in [6, 6.07) is 4.45. The van der Waals surface area contributed by atoms with E-state index < -0.39 is 11.9 Å². The van der Waals surface area contributed by atoms with Gasteiger partial charge in [0.05, 0.1) is 20.3 Å². The van der Waals surface area contributed by atoms with E-state index in [0.29, 0.717) is 5.02 Å². The maximum atomic E-state index is 12.5. The van der Waals surface area contributed by atoms with E-state index in [-0.39, 0.29) is 23.2 Å². The summed E-state index contributed by atoms with van der Waals surface area (Å²) in [7, 11) is 2.57. The van der Waals surface area contributed by atoms with Crippen LogP contribution in [0.5, 0.6) is 5.75 Å². The van der Waals surface area contributed by atoms with Crippen LogP contribution in [0.25, 0.3) is 0 Å². The number of carbonyl (C=O) groups is 2. The quantitative estimate of drug-likeness (QED) is 0.256. The minimum atomic E-state index is -0.742. The van der Waals surface area contributed by atoms with Gasteiger partial charge in [-0.15, -0.1) is 0 Å². The van der Waals surface area contributed by atoms with Crippen LogP contribution in [0.1, 0.15) is 49.9 Å². The summed E-state index contributed by atoms with van der Waals surface area (Å²) in [4.78, 5) is 24.3. The second kappa shape index (κ2) is 11.4. The van der Waals surface area contributed by atoms with Crippen LogP contribution in [0.2, 0.25) is 5.02 Å². The third kappa shape index (κ3) is 6.96. The number of hydrogen-bond donors (Lipinski definition) is 0. The number of unbranched alkanes of at least 4 members (excludes halogenated alkanes) is 2. The lowest BCUT2D eigenvalue weighted by atomic mass is 10.1. The molecule has 0 fully saturated rings. The number of halogens is 1. The molecule has 0 radical (unpaired) electrons. The maximum absolute atomic E-state index is 12.5. The molecule has 0 amide bonds. The van der Waals surface area contributed by atoms with Gasteiger partial charge < -0.3 is 18.9 Å². The topological polar surface area (TPSA) is 71.1 Å². The molecule has 0 N–H and O–H groups in total. The van der Waals surface area contributed by atoms with Gasteiger partial charge in [-0.2, -0.15) is 0 Å². The molecule has 1 aromatic carbocycles. The molecule has 1 aromatic rings. The van der Waals surface area contributed by atoms with Gasteiger partial charge in [0, 0.05) is 5.02 Å². The largest absolute Gasteiger partial charge is 0.500 e. The first-order chi connectivity index (χ1) is 12.4. The molecule has 7 heteroatoms. The molecule has 6 nitrogen and oxygen atoms in total. The number of esters is 2. The Labute approximate surface area is 159 Å². The zero-order valence-electron chi connectivity index (χ0n) is 15.5. The number of methoxy groups -OCH3 is 2. The highest BCUT2D eigenvalue weighted by Crippen LogP contribution is 2.26. The van der Waals surface area contributed by atoms with Crippen LogP contribution in [-0.4, -0.2) is 32.3 Å². The standard InChI is InChI=1S/C19H25ClO6/c1-5-6-7-8-13(2)25-18(21)15-11-14(20)9-10-16(15)26-17(12-23-3)19(22)24-4/h9-13H,5-8H2,1-4H3/b17-12+. The van der Waals surface area contributed by atoms with Crippen molar-refractivity contribution in [3.8, 4) is 5.75 Å². The summed E-state index contributed by atoms with van der Waals surface area (Å²) in [6.07, 6.45) is 4.77. The van der Waals surface area contributed by atoms with Crippen molar-refractivity contribution in [2.45, 2.75) is 45.6 Å². The van der Waals surface area contributed by atoms with E-state index in [0.717, 1.165) is 31.9 Å². The third-order valence-electron chi connectivity index (χ3n) is 3.52.